The first-order valence-corrected chi connectivity index (χ1v) is 11.6. The molecule has 8 heteroatoms. The number of halogens is 2. The van der Waals surface area contributed by atoms with Crippen LogP contribution in [0.4, 0.5) is 13.8 Å². The number of carbonyl (C=O) groups is 1. The molecule has 0 saturated carbocycles. The number of aryl methyl sites for hydroxylation is 1. The Labute approximate surface area is 190 Å². The van der Waals surface area contributed by atoms with Crippen LogP contribution in [0.25, 0.3) is 0 Å². The van der Waals surface area contributed by atoms with E-state index in [1.165, 1.54) is 12.7 Å². The zero-order valence-electron chi connectivity index (χ0n) is 17.9. The van der Waals surface area contributed by atoms with E-state index in [1.807, 2.05) is 12.1 Å². The van der Waals surface area contributed by atoms with Crippen LogP contribution in [0.5, 0.6) is 5.75 Å². The van der Waals surface area contributed by atoms with E-state index in [9.17, 15) is 13.6 Å². The van der Waals surface area contributed by atoms with E-state index < -0.39 is 6.61 Å². The van der Waals surface area contributed by atoms with Crippen LogP contribution in [-0.2, 0) is 6.42 Å². The molecule has 5 nitrogen and oxygen atoms in total. The van der Waals surface area contributed by atoms with Crippen molar-refractivity contribution in [1.82, 2.24) is 4.90 Å². The number of hydrogen-bond donors (Lipinski definition) is 1. The van der Waals surface area contributed by atoms with Crippen LogP contribution in [0.3, 0.4) is 0 Å². The number of nitrogens with one attached hydrogen (secondary N) is 1. The first kappa shape index (κ1) is 22.5. The third-order valence-electron chi connectivity index (χ3n) is 5.60. The zero-order valence-corrected chi connectivity index (χ0v) is 18.7. The quantitative estimate of drug-likeness (QED) is 0.427. The maximum absolute atomic E-state index is 12.7. The van der Waals surface area contributed by atoms with Crippen molar-refractivity contribution in [3.63, 3.8) is 0 Å². The number of benzene rings is 1. The van der Waals surface area contributed by atoms with Crippen LogP contribution >= 0.6 is 11.3 Å². The summed E-state index contributed by atoms with van der Waals surface area (Å²) in [6.45, 7) is 1.09. The van der Waals surface area contributed by atoms with E-state index in [4.69, 9.17) is 4.42 Å². The van der Waals surface area contributed by atoms with Crippen LogP contribution < -0.4 is 10.1 Å². The molecule has 2 aromatic heterocycles. The fraction of sp³-hybridized carbons (Fsp3) is 0.375. The molecule has 0 aliphatic carbocycles. The van der Waals surface area contributed by atoms with E-state index >= 15 is 0 Å². The van der Waals surface area contributed by atoms with Crippen molar-refractivity contribution in [3.8, 4) is 5.75 Å². The summed E-state index contributed by atoms with van der Waals surface area (Å²) in [5, 5.41) is 3.81. The Kier molecular flexibility index (Phi) is 7.22. The Balaban J connectivity index is 1.70. The molecule has 1 saturated heterocycles. The highest BCUT2D eigenvalue weighted by atomic mass is 32.1. The minimum atomic E-state index is -2.86. The molecule has 1 aromatic carbocycles. The maximum Gasteiger partial charge on any atom is 0.387 e. The van der Waals surface area contributed by atoms with Crippen molar-refractivity contribution >= 4 is 22.2 Å². The first-order chi connectivity index (χ1) is 15.5. The summed E-state index contributed by atoms with van der Waals surface area (Å²) in [6.07, 6.45) is 5.71. The van der Waals surface area contributed by atoms with Gasteiger partial charge in [0.25, 0.3) is 5.91 Å². The monoisotopic (exact) mass is 460 g/mol. The van der Waals surface area contributed by atoms with E-state index in [2.05, 4.69) is 27.9 Å². The summed E-state index contributed by atoms with van der Waals surface area (Å²) >= 11 is 1.56. The number of piperidine rings is 1. The minimum Gasteiger partial charge on any atom is -0.459 e. The molecule has 1 aliphatic heterocycles. The zero-order chi connectivity index (χ0) is 22.5. The molecule has 0 radical (unpaired) electrons. The SMILES string of the molecule is CCc1cc([C@@H](c2ccc(OC(F)F)cc2)N2CCCCC2)c(NC(=O)c2ccco2)s1. The molecule has 0 bridgehead atoms. The Morgan fingerprint density at radius 3 is 2.56 bits per heavy atom. The molecule has 0 unspecified atom stereocenters. The van der Waals surface area contributed by atoms with Gasteiger partial charge in [-0.1, -0.05) is 25.5 Å². The largest absolute Gasteiger partial charge is 0.459 e. The van der Waals surface area contributed by atoms with Gasteiger partial charge in [0.2, 0.25) is 0 Å². The second-order valence-electron chi connectivity index (χ2n) is 7.73. The number of hydrogen-bond acceptors (Lipinski definition) is 5. The standard InChI is InChI=1S/C24H26F2N2O3S/c1-2-18-15-19(23(32-18)27-22(29)20-7-6-14-30-20)21(28-12-4-3-5-13-28)16-8-10-17(11-9-16)31-24(25)26/h6-11,14-15,21,24H,2-5,12-13H2,1H3,(H,27,29)/t21-/m1/s1. The number of anilines is 1. The van der Waals surface area contributed by atoms with Gasteiger partial charge in [-0.2, -0.15) is 8.78 Å². The molecule has 1 aliphatic rings. The number of thiophene rings is 1. The summed E-state index contributed by atoms with van der Waals surface area (Å²) in [6, 6.07) is 12.2. The highest BCUT2D eigenvalue weighted by Gasteiger charge is 2.29. The van der Waals surface area contributed by atoms with E-state index in [-0.39, 0.29) is 23.5 Å². The number of nitrogens with zero attached hydrogens (tertiary/aromatic N) is 1. The first-order valence-electron chi connectivity index (χ1n) is 10.8. The Morgan fingerprint density at radius 2 is 1.94 bits per heavy atom. The maximum atomic E-state index is 12.7. The summed E-state index contributed by atoms with van der Waals surface area (Å²) in [7, 11) is 0. The molecular weight excluding hydrogens is 434 g/mol. The lowest BCUT2D eigenvalue weighted by molar-refractivity contribution is -0.0498. The van der Waals surface area contributed by atoms with Crippen molar-refractivity contribution in [1.29, 1.82) is 0 Å². The molecule has 170 valence electrons. The fourth-order valence-electron chi connectivity index (χ4n) is 4.10. The predicted molar refractivity (Wildman–Crippen MR) is 121 cm³/mol. The lowest BCUT2D eigenvalue weighted by Gasteiger charge is -2.35. The van der Waals surface area contributed by atoms with E-state index in [1.54, 1.807) is 35.6 Å². The van der Waals surface area contributed by atoms with Crippen molar-refractivity contribution < 1.29 is 22.7 Å². The van der Waals surface area contributed by atoms with Crippen LogP contribution in [-0.4, -0.2) is 30.5 Å². The topological polar surface area (TPSA) is 54.7 Å². The molecule has 32 heavy (non-hydrogen) atoms. The van der Waals surface area contributed by atoms with E-state index in [0.29, 0.717) is 0 Å². The van der Waals surface area contributed by atoms with Crippen molar-refractivity contribution in [2.45, 2.75) is 45.3 Å². The summed E-state index contributed by atoms with van der Waals surface area (Å²) < 4.78 is 35.0. The second-order valence-corrected chi connectivity index (χ2v) is 8.87. The number of likely N-dealkylation sites (tertiary alicyclic amines) is 1. The highest BCUT2D eigenvalue weighted by Crippen LogP contribution is 2.41. The average molecular weight is 461 g/mol. The van der Waals surface area contributed by atoms with E-state index in [0.717, 1.165) is 53.4 Å². The van der Waals surface area contributed by atoms with Gasteiger partial charge in [-0.3, -0.25) is 9.69 Å². The normalized spacial score (nSPS) is 15.6. The van der Waals surface area contributed by atoms with Crippen molar-refractivity contribution in [3.05, 3.63) is 70.5 Å². The molecule has 3 heterocycles. The van der Waals surface area contributed by atoms with Gasteiger partial charge in [0.15, 0.2) is 5.76 Å². The molecule has 3 aromatic rings. The summed E-state index contributed by atoms with van der Waals surface area (Å²) in [5.41, 5.74) is 1.98. The van der Waals surface area contributed by atoms with Gasteiger partial charge in [0, 0.05) is 10.4 Å². The number of alkyl halides is 2. The summed E-state index contributed by atoms with van der Waals surface area (Å²) in [4.78, 5) is 16.3. The highest BCUT2D eigenvalue weighted by molar-refractivity contribution is 7.16. The molecular formula is C24H26F2N2O3S. The van der Waals surface area contributed by atoms with Crippen molar-refractivity contribution in [2.24, 2.45) is 0 Å². The predicted octanol–water partition coefficient (Wildman–Crippen LogP) is 6.33. The van der Waals surface area contributed by atoms with Crippen molar-refractivity contribution in [2.75, 3.05) is 18.4 Å². The number of rotatable bonds is 8. The average Bonchev–Trinajstić information content (AvgIpc) is 3.46. The summed E-state index contributed by atoms with van der Waals surface area (Å²) in [5.74, 6) is 0.0938. The van der Waals surface area contributed by atoms with Gasteiger partial charge < -0.3 is 14.5 Å². The molecule has 1 amide bonds. The third kappa shape index (κ3) is 5.19. The van der Waals surface area contributed by atoms with Gasteiger partial charge in [0.05, 0.1) is 12.3 Å². The molecule has 1 atom stereocenters. The number of amides is 1. The molecule has 1 N–H and O–H groups in total. The Hall–Kier alpha value is -2.71. The fourth-order valence-corrected chi connectivity index (χ4v) is 5.13. The van der Waals surface area contributed by atoms with Crippen LogP contribution in [0.1, 0.15) is 58.8 Å². The van der Waals surface area contributed by atoms with Gasteiger partial charge in [-0.15, -0.1) is 11.3 Å². The molecule has 0 spiro atoms. The molecule has 1 fully saturated rings. The number of carbonyl (C=O) groups excluding carboxylic acids is 1. The van der Waals surface area contributed by atoms with Crippen LogP contribution in [0, 0.1) is 0 Å². The lowest BCUT2D eigenvalue weighted by atomic mass is 9.95. The lowest BCUT2D eigenvalue weighted by Crippen LogP contribution is -2.34. The number of ether oxygens (including phenoxy) is 1. The Morgan fingerprint density at radius 1 is 1.19 bits per heavy atom. The van der Waals surface area contributed by atoms with Gasteiger partial charge in [-0.05, 0) is 68.2 Å². The Bertz CT molecular complexity index is 1010. The van der Waals surface area contributed by atoms with Gasteiger partial charge in [0.1, 0.15) is 10.8 Å². The minimum absolute atomic E-state index is 0.0978. The van der Waals surface area contributed by atoms with Crippen LogP contribution in [0.15, 0.2) is 53.1 Å². The van der Waals surface area contributed by atoms with Gasteiger partial charge in [-0.25, -0.2) is 0 Å². The number of furan rings is 1. The third-order valence-corrected chi connectivity index (χ3v) is 6.81. The van der Waals surface area contributed by atoms with Gasteiger partial charge >= 0.3 is 6.61 Å². The smallest absolute Gasteiger partial charge is 0.387 e. The molecule has 4 rings (SSSR count). The second kappa shape index (κ2) is 10.3. The van der Waals surface area contributed by atoms with Crippen LogP contribution in [0.2, 0.25) is 0 Å².